The standard InChI is InChI=1S/C21H24N2O3/c1-25-12-11-22-21(24)13-18(15-7-9-16(26-2)10-8-15)19-14-23-20-6-4-3-5-17(19)20/h3-10,14,18,23H,11-13H2,1-2H3,(H,22,24)/t18-/m0/s1. The molecule has 0 aliphatic carbocycles. The number of hydrogen-bond acceptors (Lipinski definition) is 3. The number of benzene rings is 2. The number of methoxy groups -OCH3 is 2. The molecule has 3 aromatic rings. The van der Waals surface area contributed by atoms with Crippen molar-refractivity contribution >= 4 is 16.8 Å². The summed E-state index contributed by atoms with van der Waals surface area (Å²) in [4.78, 5) is 15.8. The summed E-state index contributed by atoms with van der Waals surface area (Å²) in [5.74, 6) is 0.767. The van der Waals surface area contributed by atoms with Crippen molar-refractivity contribution in [2.75, 3.05) is 27.4 Å². The van der Waals surface area contributed by atoms with Gasteiger partial charge in [0.05, 0.1) is 13.7 Å². The number of nitrogens with one attached hydrogen (secondary N) is 2. The molecule has 1 amide bonds. The Kier molecular flexibility index (Phi) is 5.92. The Hall–Kier alpha value is -2.79. The molecular formula is C21H24N2O3. The molecule has 5 nitrogen and oxygen atoms in total. The Morgan fingerprint density at radius 2 is 1.88 bits per heavy atom. The van der Waals surface area contributed by atoms with E-state index in [9.17, 15) is 4.79 Å². The molecule has 2 aromatic carbocycles. The van der Waals surface area contributed by atoms with Crippen molar-refractivity contribution in [1.82, 2.24) is 10.3 Å². The van der Waals surface area contributed by atoms with Crippen molar-refractivity contribution in [1.29, 1.82) is 0 Å². The molecule has 1 aromatic heterocycles. The summed E-state index contributed by atoms with van der Waals surface area (Å²) in [5, 5.41) is 4.05. The Morgan fingerprint density at radius 1 is 1.12 bits per heavy atom. The van der Waals surface area contributed by atoms with E-state index in [1.165, 1.54) is 0 Å². The summed E-state index contributed by atoms with van der Waals surface area (Å²) in [7, 11) is 3.27. The molecule has 26 heavy (non-hydrogen) atoms. The van der Waals surface area contributed by atoms with Gasteiger partial charge >= 0.3 is 0 Å². The number of rotatable bonds is 8. The van der Waals surface area contributed by atoms with Gasteiger partial charge in [-0.3, -0.25) is 4.79 Å². The smallest absolute Gasteiger partial charge is 0.221 e. The van der Waals surface area contributed by atoms with Crippen molar-refractivity contribution < 1.29 is 14.3 Å². The number of carbonyl (C=O) groups is 1. The van der Waals surface area contributed by atoms with Crippen LogP contribution in [-0.4, -0.2) is 38.3 Å². The molecule has 3 rings (SSSR count). The maximum atomic E-state index is 12.5. The molecule has 0 saturated carbocycles. The van der Waals surface area contributed by atoms with Gasteiger partial charge in [-0.15, -0.1) is 0 Å². The van der Waals surface area contributed by atoms with Crippen LogP contribution in [0.15, 0.2) is 54.7 Å². The molecule has 0 bridgehead atoms. The highest BCUT2D eigenvalue weighted by Crippen LogP contribution is 2.34. The number of para-hydroxylation sites is 1. The fraction of sp³-hybridized carbons (Fsp3) is 0.286. The van der Waals surface area contributed by atoms with Crippen molar-refractivity contribution in [2.45, 2.75) is 12.3 Å². The molecule has 0 unspecified atom stereocenters. The molecular weight excluding hydrogens is 328 g/mol. The van der Waals surface area contributed by atoms with Gasteiger partial charge in [-0.2, -0.15) is 0 Å². The van der Waals surface area contributed by atoms with Gasteiger partial charge in [-0.05, 0) is 29.3 Å². The molecule has 2 N–H and O–H groups in total. The maximum absolute atomic E-state index is 12.5. The van der Waals surface area contributed by atoms with Crippen LogP contribution in [0.4, 0.5) is 0 Å². The minimum Gasteiger partial charge on any atom is -0.497 e. The van der Waals surface area contributed by atoms with Crippen LogP contribution in [0.1, 0.15) is 23.5 Å². The van der Waals surface area contributed by atoms with E-state index in [1.54, 1.807) is 14.2 Å². The minimum absolute atomic E-state index is 0.00755. The van der Waals surface area contributed by atoms with E-state index in [-0.39, 0.29) is 11.8 Å². The van der Waals surface area contributed by atoms with Crippen molar-refractivity contribution in [3.8, 4) is 5.75 Å². The second-order valence-corrected chi connectivity index (χ2v) is 6.16. The van der Waals surface area contributed by atoms with E-state index in [0.717, 1.165) is 27.8 Å². The Morgan fingerprint density at radius 3 is 2.62 bits per heavy atom. The van der Waals surface area contributed by atoms with Crippen LogP contribution in [0.2, 0.25) is 0 Å². The number of H-pyrrole nitrogens is 1. The van der Waals surface area contributed by atoms with Crippen LogP contribution in [0, 0.1) is 0 Å². The predicted molar refractivity (Wildman–Crippen MR) is 103 cm³/mol. The van der Waals surface area contributed by atoms with E-state index < -0.39 is 0 Å². The summed E-state index contributed by atoms with van der Waals surface area (Å²) in [6.45, 7) is 1.02. The highest BCUT2D eigenvalue weighted by atomic mass is 16.5. The van der Waals surface area contributed by atoms with Crippen LogP contribution in [0.5, 0.6) is 5.75 Å². The van der Waals surface area contributed by atoms with Crippen molar-refractivity contribution in [3.05, 3.63) is 65.9 Å². The Bertz CT molecular complexity index is 855. The normalized spacial score (nSPS) is 12.1. The van der Waals surface area contributed by atoms with Crippen LogP contribution in [-0.2, 0) is 9.53 Å². The van der Waals surface area contributed by atoms with Gasteiger partial charge in [0, 0.05) is 43.1 Å². The fourth-order valence-corrected chi connectivity index (χ4v) is 3.18. The molecule has 0 aliphatic rings. The highest BCUT2D eigenvalue weighted by molar-refractivity contribution is 5.86. The Labute approximate surface area is 153 Å². The third kappa shape index (κ3) is 4.06. The summed E-state index contributed by atoms with van der Waals surface area (Å²) in [5.41, 5.74) is 3.27. The first kappa shape index (κ1) is 18.0. The molecule has 5 heteroatoms. The van der Waals surface area contributed by atoms with E-state index in [1.807, 2.05) is 48.7 Å². The molecule has 0 aliphatic heterocycles. The molecule has 0 saturated heterocycles. The summed E-state index contributed by atoms with van der Waals surface area (Å²) < 4.78 is 10.3. The number of aromatic amines is 1. The topological polar surface area (TPSA) is 63.4 Å². The predicted octanol–water partition coefficient (Wildman–Crippen LogP) is 3.46. The lowest BCUT2D eigenvalue weighted by Crippen LogP contribution is -2.28. The van der Waals surface area contributed by atoms with Crippen LogP contribution in [0.3, 0.4) is 0 Å². The number of hydrogen-bond donors (Lipinski definition) is 2. The fourth-order valence-electron chi connectivity index (χ4n) is 3.18. The summed E-state index contributed by atoms with van der Waals surface area (Å²) in [6.07, 6.45) is 2.37. The van der Waals surface area contributed by atoms with Gasteiger partial charge in [0.1, 0.15) is 5.75 Å². The van der Waals surface area contributed by atoms with E-state index in [2.05, 4.69) is 16.4 Å². The quantitative estimate of drug-likeness (QED) is 0.610. The van der Waals surface area contributed by atoms with E-state index >= 15 is 0 Å². The summed E-state index contributed by atoms with van der Waals surface area (Å²) in [6, 6.07) is 16.1. The van der Waals surface area contributed by atoms with Gasteiger partial charge < -0.3 is 19.8 Å². The first-order chi connectivity index (χ1) is 12.7. The van der Waals surface area contributed by atoms with Crippen molar-refractivity contribution in [2.24, 2.45) is 0 Å². The number of carbonyl (C=O) groups excluding carboxylic acids is 1. The first-order valence-corrected chi connectivity index (χ1v) is 8.68. The summed E-state index contributed by atoms with van der Waals surface area (Å²) >= 11 is 0. The van der Waals surface area contributed by atoms with Crippen molar-refractivity contribution in [3.63, 3.8) is 0 Å². The third-order valence-corrected chi connectivity index (χ3v) is 4.53. The van der Waals surface area contributed by atoms with Crippen LogP contribution in [0.25, 0.3) is 10.9 Å². The lowest BCUT2D eigenvalue weighted by Gasteiger charge is -2.17. The number of aromatic nitrogens is 1. The van der Waals surface area contributed by atoms with Gasteiger partial charge in [0.2, 0.25) is 5.91 Å². The van der Waals surface area contributed by atoms with Crippen LogP contribution >= 0.6 is 0 Å². The minimum atomic E-state index is -0.0420. The molecule has 0 spiro atoms. The Balaban J connectivity index is 1.91. The van der Waals surface area contributed by atoms with Crippen LogP contribution < -0.4 is 10.1 Å². The largest absolute Gasteiger partial charge is 0.497 e. The van der Waals surface area contributed by atoms with Gasteiger partial charge in [-0.25, -0.2) is 0 Å². The molecule has 1 heterocycles. The number of fused-ring (bicyclic) bond motifs is 1. The molecule has 136 valence electrons. The molecule has 0 fully saturated rings. The number of ether oxygens (including phenoxy) is 2. The lowest BCUT2D eigenvalue weighted by molar-refractivity contribution is -0.121. The second kappa shape index (κ2) is 8.54. The number of amides is 1. The third-order valence-electron chi connectivity index (χ3n) is 4.53. The zero-order valence-corrected chi connectivity index (χ0v) is 15.1. The molecule has 0 radical (unpaired) electrons. The maximum Gasteiger partial charge on any atom is 0.221 e. The highest BCUT2D eigenvalue weighted by Gasteiger charge is 2.21. The van der Waals surface area contributed by atoms with Gasteiger partial charge in [0.25, 0.3) is 0 Å². The van der Waals surface area contributed by atoms with E-state index in [4.69, 9.17) is 9.47 Å². The van der Waals surface area contributed by atoms with Gasteiger partial charge in [0.15, 0.2) is 0 Å². The first-order valence-electron chi connectivity index (χ1n) is 8.68. The second-order valence-electron chi connectivity index (χ2n) is 6.16. The zero-order valence-electron chi connectivity index (χ0n) is 15.1. The monoisotopic (exact) mass is 352 g/mol. The van der Waals surface area contributed by atoms with E-state index in [0.29, 0.717) is 19.6 Å². The zero-order chi connectivity index (χ0) is 18.4. The SMILES string of the molecule is COCCNC(=O)C[C@@H](c1ccc(OC)cc1)c1c[nH]c2ccccc12. The van der Waals surface area contributed by atoms with Gasteiger partial charge in [-0.1, -0.05) is 30.3 Å². The lowest BCUT2D eigenvalue weighted by atomic mass is 9.88. The molecule has 1 atom stereocenters. The average Bonchev–Trinajstić information content (AvgIpc) is 3.10. The average molecular weight is 352 g/mol.